The third kappa shape index (κ3) is 4.83. The molecular weight excluding hydrogens is 550 g/mol. The molecule has 11 nitrogen and oxygen atoms in total. The van der Waals surface area contributed by atoms with Gasteiger partial charge in [-0.3, -0.25) is 19.5 Å². The Morgan fingerprint density at radius 1 is 1.02 bits per heavy atom. The summed E-state index contributed by atoms with van der Waals surface area (Å²) >= 11 is 0. The Balaban J connectivity index is 1.92. The minimum Gasteiger partial charge on any atom is -0.494 e. The number of rotatable bonds is 8. The zero-order valence-corrected chi connectivity index (χ0v) is 23.2. The highest BCUT2D eigenvalue weighted by molar-refractivity contribution is 5.79. The summed E-state index contributed by atoms with van der Waals surface area (Å²) in [5, 5.41) is 15.8. The number of halogens is 2. The lowest BCUT2D eigenvalue weighted by Gasteiger charge is -2.15. The van der Waals surface area contributed by atoms with Gasteiger partial charge in [-0.2, -0.15) is 0 Å². The van der Waals surface area contributed by atoms with Crippen molar-refractivity contribution in [2.45, 2.75) is 20.0 Å². The standard InChI is InChI=1S/C29H26F2N6O5/c1-17-7-5-8-21(30)20(17)15-34-27-25(28(38)35(29(34)39)22-9-6-10-24(42-4)26(22)31)23(16-33(2)3)36(32-27)18-11-13-19(14-12-18)37(40)41/h5-14H,15-16H2,1-4H3. The predicted octanol–water partition coefficient (Wildman–Crippen LogP) is 3.95. The molecule has 0 radical (unpaired) electrons. The molecule has 0 spiro atoms. The highest BCUT2D eigenvalue weighted by atomic mass is 19.1. The van der Waals surface area contributed by atoms with Crippen molar-refractivity contribution in [2.24, 2.45) is 0 Å². The van der Waals surface area contributed by atoms with Crippen LogP contribution in [0.3, 0.4) is 0 Å². The number of aromatic nitrogens is 4. The van der Waals surface area contributed by atoms with Gasteiger partial charge in [-0.05, 0) is 56.9 Å². The van der Waals surface area contributed by atoms with Gasteiger partial charge in [0, 0.05) is 24.2 Å². The molecule has 0 bridgehead atoms. The van der Waals surface area contributed by atoms with Gasteiger partial charge in [0.1, 0.15) is 11.2 Å². The first-order valence-corrected chi connectivity index (χ1v) is 12.8. The Hall–Kier alpha value is -5.17. The molecule has 0 aliphatic heterocycles. The van der Waals surface area contributed by atoms with E-state index in [1.807, 2.05) is 0 Å². The number of methoxy groups -OCH3 is 1. The molecule has 42 heavy (non-hydrogen) atoms. The molecule has 5 rings (SSSR count). The van der Waals surface area contributed by atoms with Gasteiger partial charge in [-0.1, -0.05) is 18.2 Å². The topological polar surface area (TPSA) is 117 Å². The van der Waals surface area contributed by atoms with Gasteiger partial charge in [0.05, 0.1) is 35.6 Å². The third-order valence-electron chi connectivity index (χ3n) is 6.90. The van der Waals surface area contributed by atoms with E-state index >= 15 is 8.78 Å². The number of non-ortho nitro benzene ring substituents is 1. The summed E-state index contributed by atoms with van der Waals surface area (Å²) in [5.74, 6) is -1.67. The smallest absolute Gasteiger partial charge is 0.337 e. The van der Waals surface area contributed by atoms with Crippen LogP contribution in [0.25, 0.3) is 22.4 Å². The number of ether oxygens (including phenoxy) is 1. The lowest BCUT2D eigenvalue weighted by atomic mass is 10.1. The Morgan fingerprint density at radius 3 is 2.33 bits per heavy atom. The monoisotopic (exact) mass is 576 g/mol. The molecule has 2 heterocycles. The molecule has 0 N–H and O–H groups in total. The Kier molecular flexibility index (Phi) is 7.44. The van der Waals surface area contributed by atoms with Crippen LogP contribution in [0.2, 0.25) is 0 Å². The van der Waals surface area contributed by atoms with Crippen LogP contribution in [0.5, 0.6) is 5.75 Å². The fraction of sp³-hybridized carbons (Fsp3) is 0.207. The normalized spacial score (nSPS) is 11.4. The molecular formula is C29H26F2N6O5. The van der Waals surface area contributed by atoms with Crippen LogP contribution < -0.4 is 16.0 Å². The van der Waals surface area contributed by atoms with Crippen molar-refractivity contribution in [1.29, 1.82) is 0 Å². The van der Waals surface area contributed by atoms with E-state index in [1.54, 1.807) is 32.0 Å². The van der Waals surface area contributed by atoms with E-state index in [0.29, 0.717) is 21.5 Å². The SMILES string of the molecule is COc1cccc(-n2c(=O)c3c(CN(C)C)n(-c4ccc([N+](=O)[O-])cc4)nc3n(Cc3c(C)cccc3F)c2=O)c1F. The van der Waals surface area contributed by atoms with Gasteiger partial charge in [-0.25, -0.2) is 22.8 Å². The van der Waals surface area contributed by atoms with Gasteiger partial charge >= 0.3 is 5.69 Å². The fourth-order valence-corrected chi connectivity index (χ4v) is 4.84. The Bertz CT molecular complexity index is 1940. The summed E-state index contributed by atoms with van der Waals surface area (Å²) in [7, 11) is 4.78. The molecule has 3 aromatic carbocycles. The zero-order valence-electron chi connectivity index (χ0n) is 23.2. The number of hydrogen-bond acceptors (Lipinski definition) is 7. The summed E-state index contributed by atoms with van der Waals surface area (Å²) in [4.78, 5) is 40.6. The van der Waals surface area contributed by atoms with Crippen molar-refractivity contribution in [3.8, 4) is 17.1 Å². The van der Waals surface area contributed by atoms with Crippen molar-refractivity contribution in [2.75, 3.05) is 21.2 Å². The van der Waals surface area contributed by atoms with E-state index in [2.05, 4.69) is 5.10 Å². The molecule has 0 unspecified atom stereocenters. The maximum atomic E-state index is 15.5. The number of hydrogen-bond donors (Lipinski definition) is 0. The van der Waals surface area contributed by atoms with Crippen LogP contribution >= 0.6 is 0 Å². The van der Waals surface area contributed by atoms with E-state index in [0.717, 1.165) is 4.57 Å². The molecule has 0 saturated carbocycles. The zero-order chi connectivity index (χ0) is 30.3. The lowest BCUT2D eigenvalue weighted by Crippen LogP contribution is -2.40. The quantitative estimate of drug-likeness (QED) is 0.203. The Labute approximate surface area is 237 Å². The van der Waals surface area contributed by atoms with E-state index < -0.39 is 27.8 Å². The maximum Gasteiger partial charge on any atom is 0.337 e. The van der Waals surface area contributed by atoms with E-state index in [4.69, 9.17) is 4.74 Å². The maximum absolute atomic E-state index is 15.5. The number of benzene rings is 3. The van der Waals surface area contributed by atoms with E-state index in [9.17, 15) is 19.7 Å². The fourth-order valence-electron chi connectivity index (χ4n) is 4.84. The molecule has 0 fully saturated rings. The van der Waals surface area contributed by atoms with Crippen molar-refractivity contribution in [1.82, 2.24) is 23.8 Å². The molecule has 0 aliphatic carbocycles. The molecule has 13 heteroatoms. The van der Waals surface area contributed by atoms with E-state index in [-0.39, 0.29) is 46.8 Å². The number of nitro groups is 1. The minimum atomic E-state index is -0.938. The third-order valence-corrected chi connectivity index (χ3v) is 6.90. The molecule has 0 saturated heterocycles. The van der Waals surface area contributed by atoms with Crippen molar-refractivity contribution in [3.63, 3.8) is 0 Å². The Morgan fingerprint density at radius 2 is 1.71 bits per heavy atom. The van der Waals surface area contributed by atoms with Gasteiger partial charge < -0.3 is 9.64 Å². The largest absolute Gasteiger partial charge is 0.494 e. The minimum absolute atomic E-state index is 0.00198. The van der Waals surface area contributed by atoms with Gasteiger partial charge in [0.25, 0.3) is 11.2 Å². The van der Waals surface area contributed by atoms with Crippen LogP contribution in [0.15, 0.2) is 70.3 Å². The number of nitrogens with zero attached hydrogens (tertiary/aromatic N) is 6. The second kappa shape index (κ2) is 11.0. The lowest BCUT2D eigenvalue weighted by molar-refractivity contribution is -0.384. The molecule has 2 aromatic heterocycles. The molecule has 0 aliphatic rings. The first-order valence-electron chi connectivity index (χ1n) is 12.8. The second-order valence-electron chi connectivity index (χ2n) is 9.91. The molecule has 216 valence electrons. The van der Waals surface area contributed by atoms with Gasteiger partial charge in [0.2, 0.25) is 0 Å². The van der Waals surface area contributed by atoms with Crippen LogP contribution in [-0.2, 0) is 13.1 Å². The first-order chi connectivity index (χ1) is 20.0. The van der Waals surface area contributed by atoms with Crippen LogP contribution in [0.4, 0.5) is 14.5 Å². The second-order valence-corrected chi connectivity index (χ2v) is 9.91. The van der Waals surface area contributed by atoms with E-state index in [1.165, 1.54) is 66.4 Å². The van der Waals surface area contributed by atoms with Crippen LogP contribution in [0.1, 0.15) is 16.8 Å². The van der Waals surface area contributed by atoms with Gasteiger partial charge in [-0.15, -0.1) is 5.10 Å². The number of nitro benzene ring substituents is 1. The average molecular weight is 577 g/mol. The van der Waals surface area contributed by atoms with Crippen molar-refractivity contribution >= 4 is 16.7 Å². The number of fused-ring (bicyclic) bond motifs is 1. The molecule has 0 atom stereocenters. The average Bonchev–Trinajstić information content (AvgIpc) is 3.32. The molecule has 5 aromatic rings. The molecule has 0 amide bonds. The van der Waals surface area contributed by atoms with Crippen LogP contribution in [0, 0.1) is 28.7 Å². The summed E-state index contributed by atoms with van der Waals surface area (Å²) in [6.45, 7) is 1.53. The summed E-state index contributed by atoms with van der Waals surface area (Å²) in [5.41, 5.74) is -0.849. The summed E-state index contributed by atoms with van der Waals surface area (Å²) in [6, 6.07) is 14.1. The highest BCUT2D eigenvalue weighted by Crippen LogP contribution is 2.26. The summed E-state index contributed by atoms with van der Waals surface area (Å²) < 4.78 is 38.8. The van der Waals surface area contributed by atoms with Gasteiger partial charge in [0.15, 0.2) is 17.2 Å². The van der Waals surface area contributed by atoms with Crippen molar-refractivity contribution in [3.05, 3.63) is 120 Å². The number of aryl methyl sites for hydroxylation is 1. The predicted molar refractivity (Wildman–Crippen MR) is 152 cm³/mol. The summed E-state index contributed by atoms with van der Waals surface area (Å²) in [6.07, 6.45) is 0. The highest BCUT2D eigenvalue weighted by Gasteiger charge is 2.26. The first kappa shape index (κ1) is 28.4. The van der Waals surface area contributed by atoms with Crippen molar-refractivity contribution < 1.29 is 18.4 Å². The van der Waals surface area contributed by atoms with Crippen LogP contribution in [-0.4, -0.2) is 49.9 Å².